The minimum Gasteiger partial charge on any atom is -0.224 e. The maximum absolute atomic E-state index is 3.93. The van der Waals surface area contributed by atoms with Crippen molar-refractivity contribution in [3.05, 3.63) is 23.6 Å². The number of nitrogens with zero attached hydrogens (tertiary/aromatic N) is 1. The molecule has 2 heterocycles. The molecule has 2 heteroatoms. The van der Waals surface area contributed by atoms with Crippen molar-refractivity contribution in [2.24, 2.45) is 0 Å². The lowest BCUT2D eigenvalue weighted by atomic mass is 10.2. The fraction of sp³-hybridized carbons (Fsp3) is 0.500. The first-order valence-corrected chi connectivity index (χ1v) is 5.35. The van der Waals surface area contributed by atoms with Crippen LogP contribution in [0.25, 0.3) is 0 Å². The number of piperidine rings is 1. The van der Waals surface area contributed by atoms with Gasteiger partial charge in [-0.2, -0.15) is 0 Å². The lowest BCUT2D eigenvalue weighted by Crippen LogP contribution is -2.23. The Morgan fingerprint density at radius 2 is 1.92 bits per heavy atom. The molecule has 0 atom stereocenters. The minimum absolute atomic E-state index is 1.18. The van der Waals surface area contributed by atoms with E-state index in [1.165, 1.54) is 42.3 Å². The van der Waals surface area contributed by atoms with Crippen molar-refractivity contribution < 1.29 is 4.58 Å². The van der Waals surface area contributed by atoms with Crippen LogP contribution in [0.2, 0.25) is 0 Å². The van der Waals surface area contributed by atoms with Gasteiger partial charge >= 0.3 is 0 Å². The highest BCUT2D eigenvalue weighted by molar-refractivity contribution is 8.17. The van der Waals surface area contributed by atoms with Gasteiger partial charge in [0.15, 0.2) is 0 Å². The van der Waals surface area contributed by atoms with Gasteiger partial charge < -0.3 is 0 Å². The molecule has 2 aliphatic heterocycles. The van der Waals surface area contributed by atoms with Crippen LogP contribution in [-0.2, 0) is 0 Å². The molecule has 0 aromatic rings. The van der Waals surface area contributed by atoms with E-state index in [2.05, 4.69) is 23.3 Å². The van der Waals surface area contributed by atoms with Gasteiger partial charge in [-0.05, 0) is 24.3 Å². The lowest BCUT2D eigenvalue weighted by molar-refractivity contribution is -0.534. The van der Waals surface area contributed by atoms with Crippen LogP contribution in [0.15, 0.2) is 23.6 Å². The van der Waals surface area contributed by atoms with Gasteiger partial charge in [-0.1, -0.05) is 6.58 Å². The minimum atomic E-state index is 1.18. The van der Waals surface area contributed by atoms with Gasteiger partial charge in [0.2, 0.25) is 5.04 Å². The van der Waals surface area contributed by atoms with Crippen molar-refractivity contribution in [1.29, 1.82) is 0 Å². The van der Waals surface area contributed by atoms with Crippen LogP contribution in [-0.4, -0.2) is 22.7 Å². The monoisotopic (exact) mass is 180 g/mol. The maximum atomic E-state index is 3.93. The second-order valence-corrected chi connectivity index (χ2v) is 4.43. The van der Waals surface area contributed by atoms with Crippen LogP contribution in [0, 0.1) is 0 Å². The van der Waals surface area contributed by atoms with E-state index in [9.17, 15) is 0 Å². The Balaban J connectivity index is 2.14. The van der Waals surface area contributed by atoms with Gasteiger partial charge in [0, 0.05) is 23.8 Å². The van der Waals surface area contributed by atoms with Gasteiger partial charge in [-0.15, -0.1) is 0 Å². The predicted octanol–water partition coefficient (Wildman–Crippen LogP) is 2.40. The highest BCUT2D eigenvalue weighted by Gasteiger charge is 2.19. The molecular formula is C10H14NS+. The van der Waals surface area contributed by atoms with Crippen LogP contribution < -0.4 is 0 Å². The zero-order chi connectivity index (χ0) is 8.39. The second kappa shape index (κ2) is 3.48. The van der Waals surface area contributed by atoms with Gasteiger partial charge in [0.1, 0.15) is 13.1 Å². The Labute approximate surface area is 77.9 Å². The van der Waals surface area contributed by atoms with E-state index in [1.807, 2.05) is 11.8 Å². The third-order valence-electron chi connectivity index (χ3n) is 2.32. The molecule has 0 radical (unpaired) electrons. The van der Waals surface area contributed by atoms with Gasteiger partial charge in [-0.25, -0.2) is 4.58 Å². The average Bonchev–Trinajstić information content (AvgIpc) is 2.54. The normalized spacial score (nSPS) is 23.8. The molecule has 2 rings (SSSR count). The van der Waals surface area contributed by atoms with Crippen LogP contribution in [0.3, 0.4) is 0 Å². The SMILES string of the molecule is C=C1C=CC(=[N+]2CCCCC2)S1. The Morgan fingerprint density at radius 1 is 1.17 bits per heavy atom. The molecule has 12 heavy (non-hydrogen) atoms. The highest BCUT2D eigenvalue weighted by Crippen LogP contribution is 2.25. The Morgan fingerprint density at radius 3 is 2.50 bits per heavy atom. The van der Waals surface area contributed by atoms with Gasteiger partial charge in [0.25, 0.3) is 0 Å². The molecule has 0 aliphatic carbocycles. The lowest BCUT2D eigenvalue weighted by Gasteiger charge is -2.10. The van der Waals surface area contributed by atoms with Crippen molar-refractivity contribution in [3.63, 3.8) is 0 Å². The second-order valence-electron chi connectivity index (χ2n) is 3.29. The molecule has 0 aromatic carbocycles. The quantitative estimate of drug-likeness (QED) is 0.517. The topological polar surface area (TPSA) is 3.01 Å². The fourth-order valence-corrected chi connectivity index (χ4v) is 2.50. The molecule has 2 aliphatic rings. The largest absolute Gasteiger partial charge is 0.239 e. The molecule has 0 amide bonds. The molecule has 0 bridgehead atoms. The number of hydrogen-bond donors (Lipinski definition) is 0. The zero-order valence-corrected chi connectivity index (χ0v) is 8.07. The van der Waals surface area contributed by atoms with Crippen LogP contribution in [0.4, 0.5) is 0 Å². The number of allylic oxidation sites excluding steroid dienone is 1. The van der Waals surface area contributed by atoms with Gasteiger partial charge in [-0.3, -0.25) is 0 Å². The third-order valence-corrected chi connectivity index (χ3v) is 3.32. The zero-order valence-electron chi connectivity index (χ0n) is 7.25. The van der Waals surface area contributed by atoms with Crippen molar-refractivity contribution in [2.45, 2.75) is 19.3 Å². The number of hydrogen-bond acceptors (Lipinski definition) is 1. The third kappa shape index (κ3) is 1.63. The van der Waals surface area contributed by atoms with Crippen LogP contribution in [0.5, 0.6) is 0 Å². The smallest absolute Gasteiger partial charge is 0.224 e. The number of rotatable bonds is 0. The summed E-state index contributed by atoms with van der Waals surface area (Å²) < 4.78 is 2.48. The standard InChI is InChI=1S/C10H14NS/c1-9-5-6-10(12-9)11-7-3-2-4-8-11/h5-6H,1-4,7-8H2/q+1. The maximum Gasteiger partial charge on any atom is 0.239 e. The summed E-state index contributed by atoms with van der Waals surface area (Å²) in [4.78, 5) is 1.18. The van der Waals surface area contributed by atoms with E-state index >= 15 is 0 Å². The molecule has 1 nitrogen and oxygen atoms in total. The van der Waals surface area contributed by atoms with Crippen LogP contribution in [0.1, 0.15) is 19.3 Å². The molecule has 1 saturated heterocycles. The fourth-order valence-electron chi connectivity index (χ4n) is 1.65. The van der Waals surface area contributed by atoms with E-state index in [-0.39, 0.29) is 0 Å². The summed E-state index contributed by atoms with van der Waals surface area (Å²) in [5.41, 5.74) is 0. The van der Waals surface area contributed by atoms with Gasteiger partial charge in [0.05, 0.1) is 0 Å². The van der Waals surface area contributed by atoms with E-state index in [4.69, 9.17) is 0 Å². The van der Waals surface area contributed by atoms with Crippen molar-refractivity contribution in [1.82, 2.24) is 0 Å². The average molecular weight is 180 g/mol. The summed E-state index contributed by atoms with van der Waals surface area (Å²) in [6.07, 6.45) is 8.40. The van der Waals surface area contributed by atoms with E-state index in [0.717, 1.165) is 0 Å². The Hall–Kier alpha value is -0.500. The molecule has 0 spiro atoms. The molecule has 1 fully saturated rings. The predicted molar refractivity (Wildman–Crippen MR) is 54.7 cm³/mol. The first kappa shape index (κ1) is 8.11. The Kier molecular flexibility index (Phi) is 2.35. The summed E-state index contributed by atoms with van der Waals surface area (Å²) in [5.74, 6) is 0. The summed E-state index contributed by atoms with van der Waals surface area (Å²) in [6.45, 7) is 6.40. The number of thioether (sulfide) groups is 1. The summed E-state index contributed by atoms with van der Waals surface area (Å²) in [7, 11) is 0. The first-order chi connectivity index (χ1) is 5.86. The molecule has 0 N–H and O–H groups in total. The van der Waals surface area contributed by atoms with E-state index < -0.39 is 0 Å². The van der Waals surface area contributed by atoms with E-state index in [0.29, 0.717) is 0 Å². The molecule has 0 unspecified atom stereocenters. The van der Waals surface area contributed by atoms with Crippen LogP contribution >= 0.6 is 11.8 Å². The summed E-state index contributed by atoms with van der Waals surface area (Å²) in [5, 5.41) is 1.40. The Bertz CT molecular complexity index is 255. The van der Waals surface area contributed by atoms with Crippen molar-refractivity contribution >= 4 is 16.8 Å². The van der Waals surface area contributed by atoms with E-state index in [1.54, 1.807) is 0 Å². The molecule has 0 aromatic heterocycles. The van der Waals surface area contributed by atoms with Crippen molar-refractivity contribution in [2.75, 3.05) is 13.1 Å². The molecule has 64 valence electrons. The van der Waals surface area contributed by atoms with Crippen molar-refractivity contribution in [3.8, 4) is 0 Å². The summed E-state index contributed by atoms with van der Waals surface area (Å²) in [6, 6.07) is 0. The molecule has 0 saturated carbocycles. The highest BCUT2D eigenvalue weighted by atomic mass is 32.2. The molecular weight excluding hydrogens is 166 g/mol. The summed E-state index contributed by atoms with van der Waals surface area (Å²) >= 11 is 1.81. The first-order valence-electron chi connectivity index (χ1n) is 4.53.